The summed E-state index contributed by atoms with van der Waals surface area (Å²) in [6.45, 7) is 5.56. The number of sulfonamides is 1. The molecule has 3 heterocycles. The van der Waals surface area contributed by atoms with E-state index in [0.717, 1.165) is 31.4 Å². The predicted octanol–water partition coefficient (Wildman–Crippen LogP) is 3.10. The molecule has 3 atom stereocenters. The minimum absolute atomic E-state index is 0.00268. The standard InChI is InChI=1S/C19H25N3O3S/c1-12-4-8-17(9-5-12)25-18-10-15-6-7-16(11-18)22(15)26(23,24)19-13(2)20-21-14(19)3/h4-5,8-9,15-16,18H,6-7,10-11H2,1-3H3,(H,20,21)/t15-,16+,18?. The molecule has 4 rings (SSSR count). The Bertz CT molecular complexity index is 871. The van der Waals surface area contributed by atoms with Gasteiger partial charge in [0.05, 0.1) is 11.4 Å². The number of piperidine rings is 1. The molecule has 2 fully saturated rings. The first kappa shape index (κ1) is 17.5. The Morgan fingerprint density at radius 2 is 1.69 bits per heavy atom. The summed E-state index contributed by atoms with van der Waals surface area (Å²) >= 11 is 0. The Morgan fingerprint density at radius 3 is 2.23 bits per heavy atom. The quantitative estimate of drug-likeness (QED) is 0.891. The van der Waals surface area contributed by atoms with Gasteiger partial charge in [0.1, 0.15) is 16.7 Å². The second-order valence-electron chi connectivity index (χ2n) is 7.51. The summed E-state index contributed by atoms with van der Waals surface area (Å²) in [5, 5.41) is 6.87. The van der Waals surface area contributed by atoms with Crippen molar-refractivity contribution < 1.29 is 13.2 Å². The van der Waals surface area contributed by atoms with Gasteiger partial charge in [-0.1, -0.05) is 17.7 Å². The van der Waals surface area contributed by atoms with Crippen LogP contribution in [0.3, 0.4) is 0 Å². The molecule has 0 spiro atoms. The zero-order chi connectivity index (χ0) is 18.5. The molecule has 0 aliphatic carbocycles. The van der Waals surface area contributed by atoms with Gasteiger partial charge in [-0.2, -0.15) is 9.40 Å². The summed E-state index contributed by atoms with van der Waals surface area (Å²) in [5.41, 5.74) is 2.35. The molecule has 2 bridgehead atoms. The number of H-pyrrole nitrogens is 1. The lowest BCUT2D eigenvalue weighted by Gasteiger charge is -2.37. The third-order valence-electron chi connectivity index (χ3n) is 5.54. The van der Waals surface area contributed by atoms with Crippen molar-refractivity contribution in [3.63, 3.8) is 0 Å². The zero-order valence-electron chi connectivity index (χ0n) is 15.4. The van der Waals surface area contributed by atoms with Gasteiger partial charge in [-0.3, -0.25) is 5.10 Å². The van der Waals surface area contributed by atoms with Crippen LogP contribution in [0, 0.1) is 20.8 Å². The minimum atomic E-state index is -3.53. The van der Waals surface area contributed by atoms with Crippen molar-refractivity contribution in [2.24, 2.45) is 0 Å². The van der Waals surface area contributed by atoms with E-state index in [9.17, 15) is 8.42 Å². The lowest BCUT2D eigenvalue weighted by Crippen LogP contribution is -2.49. The van der Waals surface area contributed by atoms with Gasteiger partial charge in [-0.15, -0.1) is 0 Å². The molecule has 1 aromatic heterocycles. The van der Waals surface area contributed by atoms with Crippen LogP contribution >= 0.6 is 0 Å². The average Bonchev–Trinajstić information content (AvgIpc) is 3.07. The highest BCUT2D eigenvalue weighted by Gasteiger charge is 2.48. The van der Waals surface area contributed by atoms with Gasteiger partial charge >= 0.3 is 0 Å². The first-order valence-corrected chi connectivity index (χ1v) is 10.6. The number of nitrogens with zero attached hydrogens (tertiary/aromatic N) is 2. The molecule has 6 nitrogen and oxygen atoms in total. The molecule has 0 radical (unpaired) electrons. The van der Waals surface area contributed by atoms with Crippen LogP contribution in [0.15, 0.2) is 29.2 Å². The topological polar surface area (TPSA) is 75.3 Å². The van der Waals surface area contributed by atoms with Crippen molar-refractivity contribution in [3.05, 3.63) is 41.2 Å². The number of benzene rings is 1. The maximum absolute atomic E-state index is 13.3. The van der Waals surface area contributed by atoms with E-state index in [-0.39, 0.29) is 18.2 Å². The fourth-order valence-corrected chi connectivity index (χ4v) is 6.64. The van der Waals surface area contributed by atoms with Crippen LogP contribution in [-0.4, -0.2) is 41.1 Å². The van der Waals surface area contributed by atoms with E-state index in [1.165, 1.54) is 5.56 Å². The summed E-state index contributed by atoms with van der Waals surface area (Å²) in [4.78, 5) is 0.340. The fraction of sp³-hybridized carbons (Fsp3) is 0.526. The van der Waals surface area contributed by atoms with Crippen LogP contribution < -0.4 is 4.74 Å². The summed E-state index contributed by atoms with van der Waals surface area (Å²) in [6, 6.07) is 8.05. The van der Waals surface area contributed by atoms with Crippen molar-refractivity contribution in [2.75, 3.05) is 0 Å². The Balaban J connectivity index is 1.55. The van der Waals surface area contributed by atoms with Crippen LogP contribution in [-0.2, 0) is 10.0 Å². The van der Waals surface area contributed by atoms with Crippen LogP contribution in [0.25, 0.3) is 0 Å². The number of aromatic amines is 1. The molecule has 2 aromatic rings. The highest BCUT2D eigenvalue weighted by atomic mass is 32.2. The van der Waals surface area contributed by atoms with Gasteiger partial charge in [0.25, 0.3) is 0 Å². The summed E-state index contributed by atoms with van der Waals surface area (Å²) in [7, 11) is -3.53. The van der Waals surface area contributed by atoms with Gasteiger partial charge in [-0.05, 0) is 45.7 Å². The predicted molar refractivity (Wildman–Crippen MR) is 98.7 cm³/mol. The van der Waals surface area contributed by atoms with Crippen LogP contribution in [0.2, 0.25) is 0 Å². The lowest BCUT2D eigenvalue weighted by molar-refractivity contribution is 0.0956. The maximum atomic E-state index is 13.3. The Kier molecular flexibility index (Phi) is 4.31. The molecule has 2 aliphatic heterocycles. The monoisotopic (exact) mass is 375 g/mol. The van der Waals surface area contributed by atoms with Crippen molar-refractivity contribution >= 4 is 10.0 Å². The van der Waals surface area contributed by atoms with E-state index in [0.29, 0.717) is 16.3 Å². The summed E-state index contributed by atoms with van der Waals surface area (Å²) < 4.78 is 34.4. The van der Waals surface area contributed by atoms with Crippen LogP contribution in [0.4, 0.5) is 0 Å². The summed E-state index contributed by atoms with van der Waals surface area (Å²) in [6.07, 6.45) is 3.33. The number of hydrogen-bond acceptors (Lipinski definition) is 4. The largest absolute Gasteiger partial charge is 0.490 e. The fourth-order valence-electron chi connectivity index (χ4n) is 4.41. The van der Waals surface area contributed by atoms with E-state index >= 15 is 0 Å². The highest BCUT2D eigenvalue weighted by molar-refractivity contribution is 7.89. The second-order valence-corrected chi connectivity index (χ2v) is 9.29. The molecule has 0 saturated carbocycles. The first-order chi connectivity index (χ1) is 12.4. The second kappa shape index (κ2) is 6.39. The molecular weight excluding hydrogens is 350 g/mol. The highest BCUT2D eigenvalue weighted by Crippen LogP contribution is 2.41. The molecule has 26 heavy (non-hydrogen) atoms. The van der Waals surface area contributed by atoms with Crippen molar-refractivity contribution in [2.45, 2.75) is 69.5 Å². The van der Waals surface area contributed by atoms with Crippen LogP contribution in [0.1, 0.15) is 42.6 Å². The Hall–Kier alpha value is -1.86. The normalized spacial score (nSPS) is 26.2. The molecule has 2 aliphatic rings. The lowest BCUT2D eigenvalue weighted by atomic mass is 10.0. The van der Waals surface area contributed by atoms with Crippen molar-refractivity contribution in [1.82, 2.24) is 14.5 Å². The van der Waals surface area contributed by atoms with Crippen molar-refractivity contribution in [1.29, 1.82) is 0 Å². The molecule has 0 amide bonds. The molecule has 7 heteroatoms. The Morgan fingerprint density at radius 1 is 1.08 bits per heavy atom. The first-order valence-electron chi connectivity index (χ1n) is 9.14. The molecule has 1 aromatic carbocycles. The third kappa shape index (κ3) is 2.93. The molecule has 140 valence electrons. The molecule has 1 unspecified atom stereocenters. The van der Waals surface area contributed by atoms with Gasteiger partial charge in [-0.25, -0.2) is 8.42 Å². The van der Waals surface area contributed by atoms with Gasteiger partial charge in [0, 0.05) is 24.9 Å². The number of fused-ring (bicyclic) bond motifs is 2. The zero-order valence-corrected chi connectivity index (χ0v) is 16.2. The van der Waals surface area contributed by atoms with E-state index < -0.39 is 10.0 Å². The number of aryl methyl sites for hydroxylation is 3. The minimum Gasteiger partial charge on any atom is -0.490 e. The number of aromatic nitrogens is 2. The van der Waals surface area contributed by atoms with Gasteiger partial charge < -0.3 is 4.74 Å². The number of hydrogen-bond donors (Lipinski definition) is 1. The van der Waals surface area contributed by atoms with E-state index in [4.69, 9.17) is 4.74 Å². The number of nitrogens with one attached hydrogen (secondary N) is 1. The van der Waals surface area contributed by atoms with Gasteiger partial charge in [0.15, 0.2) is 0 Å². The van der Waals surface area contributed by atoms with Crippen LogP contribution in [0.5, 0.6) is 5.75 Å². The van der Waals surface area contributed by atoms with E-state index in [1.54, 1.807) is 18.2 Å². The SMILES string of the molecule is Cc1ccc(OC2C[C@H]3CC[C@@H](C2)N3S(=O)(=O)c2c(C)n[nH]c2C)cc1. The average molecular weight is 375 g/mol. The number of ether oxygens (including phenoxy) is 1. The summed E-state index contributed by atoms with van der Waals surface area (Å²) in [5.74, 6) is 0.859. The smallest absolute Gasteiger partial charge is 0.247 e. The number of rotatable bonds is 4. The molecule has 1 N–H and O–H groups in total. The van der Waals surface area contributed by atoms with E-state index in [2.05, 4.69) is 10.2 Å². The van der Waals surface area contributed by atoms with E-state index in [1.807, 2.05) is 31.2 Å². The van der Waals surface area contributed by atoms with Crippen molar-refractivity contribution in [3.8, 4) is 5.75 Å². The molecular formula is C19H25N3O3S. The molecule has 2 saturated heterocycles. The van der Waals surface area contributed by atoms with Gasteiger partial charge in [0.2, 0.25) is 10.0 Å². The Labute approximate surface area is 154 Å². The third-order valence-corrected chi connectivity index (χ3v) is 7.81. The maximum Gasteiger partial charge on any atom is 0.247 e.